The van der Waals surface area contributed by atoms with Gasteiger partial charge in [0.25, 0.3) is 0 Å². The predicted molar refractivity (Wildman–Crippen MR) is 76.4 cm³/mol. The molecule has 0 atom stereocenters. The van der Waals surface area contributed by atoms with Crippen molar-refractivity contribution in [2.45, 2.75) is 6.61 Å². The van der Waals surface area contributed by atoms with Crippen LogP contribution in [0.25, 0.3) is 11.5 Å². The van der Waals surface area contributed by atoms with Crippen molar-refractivity contribution in [3.63, 3.8) is 0 Å². The van der Waals surface area contributed by atoms with E-state index in [0.29, 0.717) is 11.3 Å². The Balaban J connectivity index is 1.63. The molecule has 0 saturated heterocycles. The monoisotopic (exact) mass is 332 g/mol. The maximum atomic E-state index is 12.9. The Hall–Kier alpha value is -3.49. The van der Waals surface area contributed by atoms with Crippen LogP contribution in [0.1, 0.15) is 16.2 Å². The van der Waals surface area contributed by atoms with E-state index in [0.717, 1.165) is 12.1 Å². The lowest BCUT2D eigenvalue weighted by Crippen LogP contribution is -2.04. The number of aromatic nitrogens is 1. The van der Waals surface area contributed by atoms with Crippen LogP contribution in [0.5, 0.6) is 0 Å². The number of carbonyl (C=O) groups excluding carboxylic acids is 1. The molecule has 2 heterocycles. The van der Waals surface area contributed by atoms with E-state index in [1.54, 1.807) is 0 Å². The van der Waals surface area contributed by atoms with Crippen molar-refractivity contribution >= 4 is 11.9 Å². The Morgan fingerprint density at radius 3 is 2.67 bits per heavy atom. The van der Waals surface area contributed by atoms with E-state index in [1.165, 1.54) is 30.5 Å². The number of rotatable bonds is 5. The van der Waals surface area contributed by atoms with Crippen LogP contribution in [0.4, 0.5) is 10.3 Å². The van der Waals surface area contributed by atoms with E-state index in [9.17, 15) is 19.3 Å². The molecule has 0 saturated carbocycles. The van der Waals surface area contributed by atoms with E-state index in [2.05, 4.69) is 4.98 Å². The molecule has 122 valence electrons. The number of hydrogen-bond acceptors (Lipinski definition) is 7. The summed E-state index contributed by atoms with van der Waals surface area (Å²) in [6.07, 6.45) is 1.29. The minimum absolute atomic E-state index is 0.210. The fraction of sp³-hybridized carbons (Fsp3) is 0.0667. The standard InChI is InChI=1S/C15H9FN2O6/c16-10-3-1-9(2-4-10)14-17-11(7-22-14)8-23-15(19)12-5-6-13(24-12)18(20)21/h1-7H,8H2. The first kappa shape index (κ1) is 15.4. The van der Waals surface area contributed by atoms with E-state index < -0.39 is 16.8 Å². The SMILES string of the molecule is O=C(OCc1coc(-c2ccc(F)cc2)n1)c1ccc([N+](=O)[O-])o1. The molecule has 24 heavy (non-hydrogen) atoms. The van der Waals surface area contributed by atoms with Gasteiger partial charge in [-0.05, 0) is 30.3 Å². The van der Waals surface area contributed by atoms with Crippen LogP contribution in [-0.2, 0) is 11.3 Å². The van der Waals surface area contributed by atoms with Crippen molar-refractivity contribution in [2.24, 2.45) is 0 Å². The second-order valence-corrected chi connectivity index (χ2v) is 4.62. The zero-order chi connectivity index (χ0) is 17.1. The smallest absolute Gasteiger partial charge is 0.433 e. The molecule has 1 aromatic carbocycles. The summed E-state index contributed by atoms with van der Waals surface area (Å²) in [5, 5.41) is 10.5. The van der Waals surface area contributed by atoms with Gasteiger partial charge in [0, 0.05) is 5.56 Å². The third-order valence-electron chi connectivity index (χ3n) is 2.97. The number of oxazole rings is 1. The number of nitrogens with zero attached hydrogens (tertiary/aromatic N) is 2. The Labute approximate surface area is 133 Å². The van der Waals surface area contributed by atoms with Crippen LogP contribution in [0.2, 0.25) is 0 Å². The summed E-state index contributed by atoms with van der Waals surface area (Å²) in [6, 6.07) is 7.73. The summed E-state index contributed by atoms with van der Waals surface area (Å²) in [6.45, 7) is -0.210. The molecule has 0 amide bonds. The first-order valence-corrected chi connectivity index (χ1v) is 6.64. The zero-order valence-corrected chi connectivity index (χ0v) is 12.0. The number of carbonyl (C=O) groups is 1. The number of esters is 1. The van der Waals surface area contributed by atoms with Gasteiger partial charge >= 0.3 is 11.9 Å². The summed E-state index contributed by atoms with van der Waals surface area (Å²) in [4.78, 5) is 25.6. The molecule has 3 aromatic rings. The summed E-state index contributed by atoms with van der Waals surface area (Å²) in [5.41, 5.74) is 0.888. The molecule has 0 aliphatic heterocycles. The van der Waals surface area contributed by atoms with Crippen molar-refractivity contribution in [1.29, 1.82) is 0 Å². The fourth-order valence-corrected chi connectivity index (χ4v) is 1.84. The average molecular weight is 332 g/mol. The van der Waals surface area contributed by atoms with Gasteiger partial charge in [-0.25, -0.2) is 14.2 Å². The molecule has 0 N–H and O–H groups in total. The van der Waals surface area contributed by atoms with Crippen molar-refractivity contribution in [3.05, 3.63) is 70.0 Å². The van der Waals surface area contributed by atoms with E-state index in [-0.39, 0.29) is 24.1 Å². The largest absolute Gasteiger partial charge is 0.453 e. The number of hydrogen-bond donors (Lipinski definition) is 0. The molecule has 3 rings (SSSR count). The molecule has 8 nitrogen and oxygen atoms in total. The topological polar surface area (TPSA) is 109 Å². The number of nitro groups is 1. The Morgan fingerprint density at radius 1 is 1.25 bits per heavy atom. The highest BCUT2D eigenvalue weighted by Gasteiger charge is 2.19. The predicted octanol–water partition coefficient (Wildman–Crippen LogP) is 3.34. The lowest BCUT2D eigenvalue weighted by Gasteiger charge is -1.98. The highest BCUT2D eigenvalue weighted by atomic mass is 19.1. The number of furan rings is 1. The van der Waals surface area contributed by atoms with Gasteiger partial charge in [-0.2, -0.15) is 0 Å². The Morgan fingerprint density at radius 2 is 2.00 bits per heavy atom. The molecular weight excluding hydrogens is 323 g/mol. The zero-order valence-electron chi connectivity index (χ0n) is 12.0. The van der Waals surface area contributed by atoms with Crippen LogP contribution in [-0.4, -0.2) is 15.9 Å². The van der Waals surface area contributed by atoms with Crippen LogP contribution in [0.15, 0.2) is 51.5 Å². The summed E-state index contributed by atoms with van der Waals surface area (Å²) >= 11 is 0. The van der Waals surface area contributed by atoms with Gasteiger partial charge in [0.05, 0.1) is 6.07 Å². The summed E-state index contributed by atoms with van der Waals surface area (Å²) in [7, 11) is 0. The van der Waals surface area contributed by atoms with Crippen molar-refractivity contribution < 1.29 is 27.7 Å². The molecule has 0 fully saturated rings. The number of benzene rings is 1. The second kappa shape index (κ2) is 6.32. The summed E-state index contributed by atoms with van der Waals surface area (Å²) in [5.74, 6) is -1.85. The van der Waals surface area contributed by atoms with E-state index in [1.807, 2.05) is 0 Å². The van der Waals surface area contributed by atoms with Crippen LogP contribution < -0.4 is 0 Å². The Bertz CT molecular complexity index is 884. The summed E-state index contributed by atoms with van der Waals surface area (Å²) < 4.78 is 27.8. The van der Waals surface area contributed by atoms with Crippen molar-refractivity contribution in [2.75, 3.05) is 0 Å². The second-order valence-electron chi connectivity index (χ2n) is 4.62. The van der Waals surface area contributed by atoms with Gasteiger partial charge in [0.1, 0.15) is 29.3 Å². The van der Waals surface area contributed by atoms with Crippen LogP contribution in [0, 0.1) is 15.9 Å². The van der Waals surface area contributed by atoms with Gasteiger partial charge in [-0.3, -0.25) is 10.1 Å². The van der Waals surface area contributed by atoms with Crippen LogP contribution in [0.3, 0.4) is 0 Å². The third-order valence-corrected chi connectivity index (χ3v) is 2.97. The molecule has 0 aliphatic carbocycles. The fourth-order valence-electron chi connectivity index (χ4n) is 1.84. The van der Waals surface area contributed by atoms with Gasteiger partial charge < -0.3 is 13.6 Å². The molecule has 0 unspecified atom stereocenters. The maximum absolute atomic E-state index is 12.9. The normalized spacial score (nSPS) is 10.5. The third kappa shape index (κ3) is 3.29. The first-order chi connectivity index (χ1) is 11.5. The Kier molecular flexibility index (Phi) is 4.06. The molecule has 0 radical (unpaired) electrons. The van der Waals surface area contributed by atoms with Gasteiger partial charge in [0.15, 0.2) is 0 Å². The highest BCUT2D eigenvalue weighted by Crippen LogP contribution is 2.20. The van der Waals surface area contributed by atoms with Crippen molar-refractivity contribution in [1.82, 2.24) is 4.98 Å². The molecule has 9 heteroatoms. The van der Waals surface area contributed by atoms with Gasteiger partial charge in [-0.1, -0.05) is 0 Å². The minimum atomic E-state index is -0.866. The molecule has 0 spiro atoms. The average Bonchev–Trinajstić information content (AvgIpc) is 3.23. The lowest BCUT2D eigenvalue weighted by atomic mass is 10.2. The van der Waals surface area contributed by atoms with Crippen molar-refractivity contribution in [3.8, 4) is 11.5 Å². The first-order valence-electron chi connectivity index (χ1n) is 6.64. The lowest BCUT2D eigenvalue weighted by molar-refractivity contribution is -0.402. The minimum Gasteiger partial charge on any atom is -0.453 e. The van der Waals surface area contributed by atoms with E-state index in [4.69, 9.17) is 13.6 Å². The highest BCUT2D eigenvalue weighted by molar-refractivity contribution is 5.86. The molecular formula is C15H9FN2O6. The maximum Gasteiger partial charge on any atom is 0.433 e. The molecule has 0 bridgehead atoms. The quantitative estimate of drug-likeness (QED) is 0.400. The van der Waals surface area contributed by atoms with Crippen LogP contribution >= 0.6 is 0 Å². The molecule has 0 aliphatic rings. The number of halogens is 1. The van der Waals surface area contributed by atoms with E-state index >= 15 is 0 Å². The number of ether oxygens (including phenoxy) is 1. The molecule has 2 aromatic heterocycles. The van der Waals surface area contributed by atoms with Gasteiger partial charge in [-0.15, -0.1) is 0 Å². The van der Waals surface area contributed by atoms with Gasteiger partial charge in [0.2, 0.25) is 11.7 Å².